The Hall–Kier alpha value is -2.04. The van der Waals surface area contributed by atoms with Crippen LogP contribution in [0.4, 0.5) is 0 Å². The smallest absolute Gasteiger partial charge is 0.253 e. The Balaban J connectivity index is 2.10. The number of aromatic nitrogens is 1. The molecule has 22 heavy (non-hydrogen) atoms. The fourth-order valence-corrected chi connectivity index (χ4v) is 2.65. The van der Waals surface area contributed by atoms with Gasteiger partial charge >= 0.3 is 0 Å². The Labute approximate surface area is 137 Å². The molecule has 6 heteroatoms. The molecule has 3 aromatic rings. The summed E-state index contributed by atoms with van der Waals surface area (Å²) in [5.41, 5.74) is 2.33. The first-order valence-corrected chi connectivity index (χ1v) is 7.29. The van der Waals surface area contributed by atoms with Crippen molar-refractivity contribution < 1.29 is 9.21 Å². The predicted octanol–water partition coefficient (Wildman–Crippen LogP) is 4.50. The van der Waals surface area contributed by atoms with Crippen molar-refractivity contribution in [3.63, 3.8) is 0 Å². The summed E-state index contributed by atoms with van der Waals surface area (Å²) in [7, 11) is 3.41. The molecule has 0 bridgehead atoms. The molecular weight excluding hydrogens is 323 g/mol. The molecule has 3 rings (SSSR count). The third kappa shape index (κ3) is 2.67. The number of nitrogens with zero attached hydrogens (tertiary/aromatic N) is 2. The molecule has 2 aromatic carbocycles. The summed E-state index contributed by atoms with van der Waals surface area (Å²) in [6, 6.07) is 10.4. The Bertz CT molecular complexity index is 872. The van der Waals surface area contributed by atoms with Gasteiger partial charge in [0.25, 0.3) is 5.91 Å². The van der Waals surface area contributed by atoms with Crippen molar-refractivity contribution in [1.82, 2.24) is 9.88 Å². The van der Waals surface area contributed by atoms with Crippen LogP contribution in [0, 0.1) is 0 Å². The average Bonchev–Trinajstić information content (AvgIpc) is 2.90. The minimum Gasteiger partial charge on any atom is -0.435 e. The molecule has 0 radical (unpaired) electrons. The number of halogens is 2. The summed E-state index contributed by atoms with van der Waals surface area (Å²) in [4.78, 5) is 17.9. The topological polar surface area (TPSA) is 46.3 Å². The van der Waals surface area contributed by atoms with E-state index in [1.165, 1.54) is 4.90 Å². The highest BCUT2D eigenvalue weighted by Gasteiger charge is 2.14. The van der Waals surface area contributed by atoms with E-state index < -0.39 is 0 Å². The van der Waals surface area contributed by atoms with Crippen LogP contribution in [0.25, 0.3) is 22.6 Å². The predicted molar refractivity (Wildman–Crippen MR) is 87.5 cm³/mol. The number of fused-ring (bicyclic) bond motifs is 1. The van der Waals surface area contributed by atoms with Crippen LogP contribution in [-0.4, -0.2) is 29.9 Å². The van der Waals surface area contributed by atoms with Crippen LogP contribution in [0.2, 0.25) is 10.0 Å². The van der Waals surface area contributed by atoms with Crippen molar-refractivity contribution in [2.24, 2.45) is 0 Å². The molecule has 0 N–H and O–H groups in total. The second kappa shape index (κ2) is 5.63. The van der Waals surface area contributed by atoms with Gasteiger partial charge in [-0.3, -0.25) is 4.79 Å². The number of benzene rings is 2. The molecule has 0 aliphatic heterocycles. The zero-order valence-corrected chi connectivity index (χ0v) is 13.4. The van der Waals surface area contributed by atoms with Crippen molar-refractivity contribution in [3.8, 4) is 11.5 Å². The molecule has 0 unspecified atom stereocenters. The number of rotatable bonds is 2. The fraction of sp³-hybridized carbons (Fsp3) is 0.125. The van der Waals surface area contributed by atoms with Gasteiger partial charge in [0, 0.05) is 30.2 Å². The molecule has 112 valence electrons. The van der Waals surface area contributed by atoms with Crippen LogP contribution >= 0.6 is 23.2 Å². The Morgan fingerprint density at radius 2 is 1.95 bits per heavy atom. The van der Waals surface area contributed by atoms with Gasteiger partial charge in [-0.05, 0) is 30.3 Å². The van der Waals surface area contributed by atoms with E-state index in [9.17, 15) is 4.79 Å². The number of carbonyl (C=O) groups excluding carboxylic acids is 1. The van der Waals surface area contributed by atoms with Crippen molar-refractivity contribution in [3.05, 3.63) is 52.0 Å². The fourth-order valence-electron chi connectivity index (χ4n) is 2.13. The highest BCUT2D eigenvalue weighted by molar-refractivity contribution is 6.38. The zero-order chi connectivity index (χ0) is 15.9. The monoisotopic (exact) mass is 334 g/mol. The molecule has 1 heterocycles. The second-order valence-corrected chi connectivity index (χ2v) is 5.88. The van der Waals surface area contributed by atoms with Crippen molar-refractivity contribution >= 4 is 40.2 Å². The molecule has 0 saturated carbocycles. The van der Waals surface area contributed by atoms with Crippen LogP contribution < -0.4 is 0 Å². The largest absolute Gasteiger partial charge is 0.435 e. The Kier molecular flexibility index (Phi) is 3.81. The summed E-state index contributed by atoms with van der Waals surface area (Å²) in [5.74, 6) is 0.312. The van der Waals surface area contributed by atoms with E-state index in [-0.39, 0.29) is 5.91 Å². The lowest BCUT2D eigenvalue weighted by Gasteiger charge is -2.10. The first kappa shape index (κ1) is 14.9. The highest BCUT2D eigenvalue weighted by atomic mass is 35.5. The van der Waals surface area contributed by atoms with Crippen LogP contribution in [0.3, 0.4) is 0 Å². The number of hydrogen-bond acceptors (Lipinski definition) is 3. The molecule has 4 nitrogen and oxygen atoms in total. The van der Waals surface area contributed by atoms with Gasteiger partial charge in [-0.15, -0.1) is 0 Å². The van der Waals surface area contributed by atoms with Crippen LogP contribution in [-0.2, 0) is 0 Å². The molecule has 0 saturated heterocycles. The van der Waals surface area contributed by atoms with Crippen LogP contribution in [0.5, 0.6) is 0 Å². The number of carbonyl (C=O) groups is 1. The van der Waals surface area contributed by atoms with Crippen molar-refractivity contribution in [1.29, 1.82) is 0 Å². The third-order valence-corrected chi connectivity index (χ3v) is 3.67. The molecule has 0 spiro atoms. The zero-order valence-electron chi connectivity index (χ0n) is 11.9. The minimum absolute atomic E-state index is 0.0842. The Morgan fingerprint density at radius 3 is 2.68 bits per heavy atom. The van der Waals surface area contributed by atoms with E-state index in [0.717, 1.165) is 0 Å². The maximum atomic E-state index is 12.0. The molecule has 0 aliphatic rings. The van der Waals surface area contributed by atoms with Gasteiger partial charge in [0.1, 0.15) is 5.52 Å². The second-order valence-electron chi connectivity index (χ2n) is 5.04. The first-order chi connectivity index (χ1) is 10.5. The van der Waals surface area contributed by atoms with Gasteiger partial charge in [0.05, 0.1) is 5.02 Å². The molecular formula is C16H12Cl2N2O2. The lowest BCUT2D eigenvalue weighted by atomic mass is 10.1. The van der Waals surface area contributed by atoms with E-state index >= 15 is 0 Å². The SMILES string of the molecule is CN(C)C(=O)c1cccc(-c2nc3cc(Cl)cc(Cl)c3o2)c1. The van der Waals surface area contributed by atoms with Crippen LogP contribution in [0.15, 0.2) is 40.8 Å². The Morgan fingerprint density at radius 1 is 1.18 bits per heavy atom. The number of hydrogen-bond donors (Lipinski definition) is 0. The first-order valence-electron chi connectivity index (χ1n) is 6.53. The number of oxazole rings is 1. The van der Waals surface area contributed by atoms with Crippen LogP contribution in [0.1, 0.15) is 10.4 Å². The summed E-state index contributed by atoms with van der Waals surface area (Å²) >= 11 is 12.1. The molecule has 0 atom stereocenters. The van der Waals surface area contributed by atoms with Gasteiger partial charge in [-0.2, -0.15) is 0 Å². The van der Waals surface area contributed by atoms with Gasteiger partial charge in [0.2, 0.25) is 5.89 Å². The van der Waals surface area contributed by atoms with Gasteiger partial charge in [0.15, 0.2) is 5.58 Å². The van der Waals surface area contributed by atoms with E-state index in [1.807, 2.05) is 6.07 Å². The van der Waals surface area contributed by atoms with E-state index in [1.54, 1.807) is 44.4 Å². The average molecular weight is 335 g/mol. The van der Waals surface area contributed by atoms with Crippen molar-refractivity contribution in [2.45, 2.75) is 0 Å². The maximum Gasteiger partial charge on any atom is 0.253 e. The number of amides is 1. The van der Waals surface area contributed by atoms with Gasteiger partial charge in [-0.1, -0.05) is 29.3 Å². The standard InChI is InChI=1S/C16H12Cl2N2O2/c1-20(2)16(21)10-5-3-4-9(6-10)15-19-13-8-11(17)7-12(18)14(13)22-15/h3-8H,1-2H3. The third-order valence-electron chi connectivity index (χ3n) is 3.17. The van der Waals surface area contributed by atoms with E-state index in [0.29, 0.717) is 38.2 Å². The van der Waals surface area contributed by atoms with E-state index in [2.05, 4.69) is 4.98 Å². The minimum atomic E-state index is -0.0842. The molecule has 1 aromatic heterocycles. The molecule has 0 aliphatic carbocycles. The lowest BCUT2D eigenvalue weighted by molar-refractivity contribution is 0.0827. The normalized spacial score (nSPS) is 10.9. The van der Waals surface area contributed by atoms with Crippen molar-refractivity contribution in [2.75, 3.05) is 14.1 Å². The quantitative estimate of drug-likeness (QED) is 0.692. The van der Waals surface area contributed by atoms with E-state index in [4.69, 9.17) is 27.6 Å². The molecule has 0 fully saturated rings. The maximum absolute atomic E-state index is 12.0. The molecule has 1 amide bonds. The van der Waals surface area contributed by atoms with Gasteiger partial charge < -0.3 is 9.32 Å². The summed E-state index contributed by atoms with van der Waals surface area (Å²) in [6.45, 7) is 0. The lowest BCUT2D eigenvalue weighted by Crippen LogP contribution is -2.21. The summed E-state index contributed by atoms with van der Waals surface area (Å²) in [6.07, 6.45) is 0. The van der Waals surface area contributed by atoms with Gasteiger partial charge in [-0.25, -0.2) is 4.98 Å². The summed E-state index contributed by atoms with van der Waals surface area (Å²) in [5, 5.41) is 0.899. The highest BCUT2D eigenvalue weighted by Crippen LogP contribution is 2.32. The summed E-state index contributed by atoms with van der Waals surface area (Å²) < 4.78 is 5.71.